The summed E-state index contributed by atoms with van der Waals surface area (Å²) in [5, 5.41) is 18.3. The maximum atomic E-state index is 13.5. The second kappa shape index (κ2) is 12.2. The van der Waals surface area contributed by atoms with Crippen molar-refractivity contribution in [1.82, 2.24) is 20.7 Å². The van der Waals surface area contributed by atoms with Gasteiger partial charge in [0.25, 0.3) is 11.8 Å². The van der Waals surface area contributed by atoms with E-state index in [9.17, 15) is 33.6 Å². The van der Waals surface area contributed by atoms with Crippen molar-refractivity contribution in [3.05, 3.63) is 27.7 Å². The van der Waals surface area contributed by atoms with E-state index in [2.05, 4.69) is 16.0 Å². The largest absolute Gasteiger partial charge is 0.481 e. The molecule has 0 unspecified atom stereocenters. The van der Waals surface area contributed by atoms with Gasteiger partial charge in [0.15, 0.2) is 0 Å². The van der Waals surface area contributed by atoms with Crippen LogP contribution >= 0.6 is 23.2 Å². The molecule has 2 aliphatic heterocycles. The summed E-state index contributed by atoms with van der Waals surface area (Å²) in [6.45, 7) is 1.42. The lowest BCUT2D eigenvalue weighted by Gasteiger charge is -2.43. The van der Waals surface area contributed by atoms with Gasteiger partial charge in [-0.25, -0.2) is 5.01 Å². The fourth-order valence-electron chi connectivity index (χ4n) is 4.25. The van der Waals surface area contributed by atoms with E-state index in [0.29, 0.717) is 6.42 Å². The van der Waals surface area contributed by atoms with E-state index in [1.165, 1.54) is 19.1 Å². The molecule has 1 aromatic carbocycles. The van der Waals surface area contributed by atoms with Crippen molar-refractivity contribution >= 4 is 70.7 Å². The fourth-order valence-corrected chi connectivity index (χ4v) is 4.83. The number of nitrogens with one attached hydrogen (secondary N) is 3. The lowest BCUT2D eigenvalue weighted by atomic mass is 10.0. The molecule has 204 valence electrons. The molecule has 3 rings (SSSR count). The van der Waals surface area contributed by atoms with E-state index < -0.39 is 60.1 Å². The number of nitrogens with zero attached hydrogens (tertiary/aromatic N) is 2. The number of hydrogen-bond donors (Lipinski definition) is 4. The van der Waals surface area contributed by atoms with Crippen LogP contribution in [0.15, 0.2) is 12.1 Å². The number of halogens is 2. The van der Waals surface area contributed by atoms with Gasteiger partial charge in [0.2, 0.25) is 17.7 Å². The number of carbonyl (C=O) groups excluding carboxylic acids is 6. The second-order valence-corrected chi connectivity index (χ2v) is 9.58. The highest BCUT2D eigenvalue weighted by Crippen LogP contribution is 2.32. The Bertz CT molecular complexity index is 1170. The zero-order valence-corrected chi connectivity index (χ0v) is 21.7. The first kappa shape index (κ1) is 28.9. The number of anilines is 1. The number of hydrogen-bond acceptors (Lipinski definition) is 7. The molecule has 2 aliphatic rings. The molecule has 2 heterocycles. The molecular weight excluding hydrogens is 545 g/mol. The molecule has 5 amide bonds. The Morgan fingerprint density at radius 3 is 2.39 bits per heavy atom. The van der Waals surface area contributed by atoms with Gasteiger partial charge in [-0.15, -0.1) is 0 Å². The topological polar surface area (TPSA) is 182 Å². The van der Waals surface area contributed by atoms with Crippen molar-refractivity contribution < 1.29 is 38.7 Å². The predicted octanol–water partition coefficient (Wildman–Crippen LogP) is 0.737. The Morgan fingerprint density at radius 2 is 1.82 bits per heavy atom. The molecule has 2 fully saturated rings. The fraction of sp³-hybridized carbons (Fsp3) is 0.435. The van der Waals surface area contributed by atoms with E-state index in [1.54, 1.807) is 0 Å². The summed E-state index contributed by atoms with van der Waals surface area (Å²) in [5.41, 5.74) is 0.104. The van der Waals surface area contributed by atoms with Crippen LogP contribution in [0.2, 0.25) is 10.0 Å². The van der Waals surface area contributed by atoms with E-state index in [4.69, 9.17) is 28.3 Å². The number of rotatable bonds is 8. The second-order valence-electron chi connectivity index (χ2n) is 8.77. The smallest absolute Gasteiger partial charge is 0.305 e. The average Bonchev–Trinajstić information content (AvgIpc) is 2.97. The lowest BCUT2D eigenvalue weighted by molar-refractivity contribution is -0.176. The molecule has 0 radical (unpaired) electrons. The van der Waals surface area contributed by atoms with Gasteiger partial charge in [0.05, 0.1) is 28.2 Å². The first-order valence-corrected chi connectivity index (χ1v) is 12.4. The molecular formula is C23H25Cl2N5O8. The zero-order valence-electron chi connectivity index (χ0n) is 20.2. The predicted molar refractivity (Wildman–Crippen MR) is 133 cm³/mol. The summed E-state index contributed by atoms with van der Waals surface area (Å²) in [6.07, 6.45) is 0.0116. The monoisotopic (exact) mass is 569 g/mol. The number of carbonyl (C=O) groups is 7. The third kappa shape index (κ3) is 6.58. The van der Waals surface area contributed by atoms with Crippen molar-refractivity contribution in [2.45, 2.75) is 57.2 Å². The van der Waals surface area contributed by atoms with Crippen LogP contribution in [0.3, 0.4) is 0 Å². The highest BCUT2D eigenvalue weighted by atomic mass is 35.5. The molecule has 1 aromatic rings. The number of fused-ring (bicyclic) bond motifs is 1. The van der Waals surface area contributed by atoms with Crippen LogP contribution in [0.5, 0.6) is 0 Å². The molecule has 2 saturated heterocycles. The number of aliphatic carboxylic acids is 1. The Labute approximate surface area is 226 Å². The summed E-state index contributed by atoms with van der Waals surface area (Å²) in [6, 6.07) is -1.20. The van der Waals surface area contributed by atoms with Crippen molar-refractivity contribution in [2.24, 2.45) is 0 Å². The molecule has 13 nitrogen and oxygen atoms in total. The highest BCUT2D eigenvalue weighted by Gasteiger charge is 2.45. The van der Waals surface area contributed by atoms with Gasteiger partial charge in [-0.1, -0.05) is 23.2 Å². The lowest BCUT2D eigenvalue weighted by Crippen LogP contribution is -2.64. The Balaban J connectivity index is 1.83. The maximum Gasteiger partial charge on any atom is 0.305 e. The van der Waals surface area contributed by atoms with E-state index in [-0.39, 0.29) is 53.4 Å². The quantitative estimate of drug-likeness (QED) is 0.330. The minimum Gasteiger partial charge on any atom is -0.481 e. The van der Waals surface area contributed by atoms with Crippen LogP contribution in [0.25, 0.3) is 0 Å². The van der Waals surface area contributed by atoms with Gasteiger partial charge in [0.1, 0.15) is 18.4 Å². The van der Waals surface area contributed by atoms with Crippen molar-refractivity contribution in [3.8, 4) is 0 Å². The molecule has 0 spiro atoms. The summed E-state index contributed by atoms with van der Waals surface area (Å²) in [7, 11) is 0. The van der Waals surface area contributed by atoms with Crippen LogP contribution in [0, 0.1) is 0 Å². The molecule has 0 saturated carbocycles. The summed E-state index contributed by atoms with van der Waals surface area (Å²) < 4.78 is 0. The van der Waals surface area contributed by atoms with E-state index in [1.807, 2.05) is 0 Å². The van der Waals surface area contributed by atoms with E-state index >= 15 is 0 Å². The molecule has 0 aliphatic carbocycles. The first-order chi connectivity index (χ1) is 17.9. The normalized spacial score (nSPS) is 20.1. The zero-order chi connectivity index (χ0) is 28.1. The SMILES string of the molecule is CC(=O)Nc1c(Cl)cc(C(=O)N[C@H]2CCC(=O)N3CCC[C@@H](C(=O)N[C@H](C=O)CC(=O)O)N3C2=O)cc1Cl. The van der Waals surface area contributed by atoms with Gasteiger partial charge in [-0.05, 0) is 31.4 Å². The van der Waals surface area contributed by atoms with Crippen LogP contribution < -0.4 is 16.0 Å². The minimum atomic E-state index is -1.32. The van der Waals surface area contributed by atoms with Crippen LogP contribution in [0.4, 0.5) is 5.69 Å². The number of carboxylic acid groups (broad SMARTS) is 1. The van der Waals surface area contributed by atoms with Crippen molar-refractivity contribution in [3.63, 3.8) is 0 Å². The van der Waals surface area contributed by atoms with Crippen LogP contribution in [0.1, 0.15) is 49.4 Å². The molecule has 4 N–H and O–H groups in total. The first-order valence-electron chi connectivity index (χ1n) is 11.6. The van der Waals surface area contributed by atoms with Gasteiger partial charge >= 0.3 is 5.97 Å². The molecule has 15 heteroatoms. The summed E-state index contributed by atoms with van der Waals surface area (Å²) in [5.74, 6) is -4.42. The van der Waals surface area contributed by atoms with Crippen LogP contribution in [-0.4, -0.2) is 81.6 Å². The molecule has 3 atom stereocenters. The Kier molecular flexibility index (Phi) is 9.28. The number of amides is 5. The average molecular weight is 570 g/mol. The summed E-state index contributed by atoms with van der Waals surface area (Å²) >= 11 is 12.3. The third-order valence-corrected chi connectivity index (χ3v) is 6.56. The van der Waals surface area contributed by atoms with Crippen molar-refractivity contribution in [2.75, 3.05) is 11.9 Å². The van der Waals surface area contributed by atoms with Crippen LogP contribution in [-0.2, 0) is 28.8 Å². The highest BCUT2D eigenvalue weighted by molar-refractivity contribution is 6.40. The molecule has 38 heavy (non-hydrogen) atoms. The third-order valence-electron chi connectivity index (χ3n) is 5.96. The number of aldehydes is 1. The Morgan fingerprint density at radius 1 is 1.16 bits per heavy atom. The van der Waals surface area contributed by atoms with Gasteiger partial charge in [0, 0.05) is 25.5 Å². The summed E-state index contributed by atoms with van der Waals surface area (Å²) in [4.78, 5) is 85.8. The van der Waals surface area contributed by atoms with E-state index in [0.717, 1.165) is 10.0 Å². The van der Waals surface area contributed by atoms with Gasteiger partial charge in [-0.3, -0.25) is 33.8 Å². The number of carboxylic acids is 1. The number of benzene rings is 1. The standard InChI is InChI=1S/C23H25Cl2N5O8/c1-11(32)26-20-14(24)7-12(8-15(20)25)21(36)28-16-4-5-18(33)29-6-2-3-17(30(29)23(16)38)22(37)27-13(10-31)9-19(34)35/h7-8,10,13,16-17H,2-6,9H2,1H3,(H,26,32)(H,27,37)(H,28,36)(H,34,35)/t13-,16-,17-/m0/s1. The van der Waals surface area contributed by atoms with Gasteiger partial charge < -0.3 is 25.9 Å². The Hall–Kier alpha value is -3.71. The molecule has 0 bridgehead atoms. The minimum absolute atomic E-state index is 0.00902. The maximum absolute atomic E-state index is 13.5. The van der Waals surface area contributed by atoms with Crippen molar-refractivity contribution in [1.29, 1.82) is 0 Å². The molecule has 0 aromatic heterocycles. The van der Waals surface area contributed by atoms with Gasteiger partial charge in [-0.2, -0.15) is 0 Å². The number of hydrazine groups is 1.